The fraction of sp³-hybridized carbons (Fsp3) is 0.273. The minimum absolute atomic E-state index is 0.00288. The number of hydrogen-bond acceptors (Lipinski definition) is 3. The largest absolute Gasteiger partial charge is 0.484 e. The summed E-state index contributed by atoms with van der Waals surface area (Å²) in [6, 6.07) is 15.4. The Morgan fingerprint density at radius 3 is 2.69 bits per heavy atom. The molecule has 0 spiro atoms. The van der Waals surface area contributed by atoms with Crippen molar-refractivity contribution in [1.29, 1.82) is 5.26 Å². The third-order valence-corrected chi connectivity index (χ3v) is 4.59. The van der Waals surface area contributed by atoms with Crippen LogP contribution in [0, 0.1) is 11.3 Å². The smallest absolute Gasteiger partial charge is 0.261 e. The summed E-state index contributed by atoms with van der Waals surface area (Å²) in [6.45, 7) is 4.65. The van der Waals surface area contributed by atoms with Crippen molar-refractivity contribution >= 4 is 5.91 Å². The number of aryl methyl sites for hydroxylation is 2. The molecule has 0 N–H and O–H groups in total. The molecular formula is C22H22N2O2. The number of hydrogen-bond donors (Lipinski definition) is 0. The predicted octanol–water partition coefficient (Wildman–Crippen LogP) is 3.64. The van der Waals surface area contributed by atoms with E-state index in [2.05, 4.69) is 18.7 Å². The lowest BCUT2D eigenvalue weighted by molar-refractivity contribution is -0.133. The molecule has 4 nitrogen and oxygen atoms in total. The summed E-state index contributed by atoms with van der Waals surface area (Å²) in [4.78, 5) is 14.3. The van der Waals surface area contributed by atoms with Gasteiger partial charge in [-0.05, 0) is 60.2 Å². The third kappa shape index (κ3) is 4.31. The molecule has 1 aliphatic rings. The van der Waals surface area contributed by atoms with Crippen molar-refractivity contribution in [2.45, 2.75) is 25.8 Å². The van der Waals surface area contributed by atoms with Crippen LogP contribution >= 0.6 is 0 Å². The number of benzene rings is 2. The summed E-state index contributed by atoms with van der Waals surface area (Å²) in [6.07, 6.45) is 5.11. The van der Waals surface area contributed by atoms with Crippen molar-refractivity contribution in [2.24, 2.45) is 0 Å². The van der Waals surface area contributed by atoms with Crippen LogP contribution in [0.25, 0.3) is 0 Å². The molecule has 2 aromatic carbocycles. The minimum Gasteiger partial charge on any atom is -0.484 e. The van der Waals surface area contributed by atoms with Crippen LogP contribution in [-0.2, 0) is 24.2 Å². The SMILES string of the molecule is C=CCN(Cc1ccc(C#N)cc1)C(=O)COc1ccc2c(c1)CCC2. The quantitative estimate of drug-likeness (QED) is 0.719. The Labute approximate surface area is 154 Å². The molecule has 0 heterocycles. The fourth-order valence-corrected chi connectivity index (χ4v) is 3.19. The molecule has 26 heavy (non-hydrogen) atoms. The summed E-state index contributed by atoms with van der Waals surface area (Å²) >= 11 is 0. The van der Waals surface area contributed by atoms with Crippen molar-refractivity contribution in [2.75, 3.05) is 13.2 Å². The van der Waals surface area contributed by atoms with Gasteiger partial charge in [-0.1, -0.05) is 24.3 Å². The molecule has 2 aromatic rings. The standard InChI is InChI=1S/C22H22N2O2/c1-2-12-24(15-18-8-6-17(14-23)7-9-18)22(25)16-26-21-11-10-19-4-3-5-20(19)13-21/h2,6-11,13H,1,3-5,12,15-16H2. The highest BCUT2D eigenvalue weighted by molar-refractivity contribution is 5.78. The Hall–Kier alpha value is -3.06. The van der Waals surface area contributed by atoms with Crippen molar-refractivity contribution in [1.82, 2.24) is 4.90 Å². The van der Waals surface area contributed by atoms with E-state index in [0.29, 0.717) is 18.7 Å². The summed E-state index contributed by atoms with van der Waals surface area (Å²) < 4.78 is 5.73. The van der Waals surface area contributed by atoms with Gasteiger partial charge in [0.25, 0.3) is 5.91 Å². The second kappa shape index (κ2) is 8.35. The third-order valence-electron chi connectivity index (χ3n) is 4.59. The fourth-order valence-electron chi connectivity index (χ4n) is 3.19. The van der Waals surface area contributed by atoms with Crippen LogP contribution in [0.5, 0.6) is 5.75 Å². The van der Waals surface area contributed by atoms with Gasteiger partial charge in [0.15, 0.2) is 6.61 Å². The van der Waals surface area contributed by atoms with Crippen LogP contribution in [0.1, 0.15) is 28.7 Å². The van der Waals surface area contributed by atoms with Gasteiger partial charge in [0.2, 0.25) is 0 Å². The van der Waals surface area contributed by atoms with Crippen LogP contribution in [0.15, 0.2) is 55.1 Å². The molecule has 132 valence electrons. The van der Waals surface area contributed by atoms with E-state index in [1.807, 2.05) is 24.3 Å². The van der Waals surface area contributed by atoms with Gasteiger partial charge in [-0.3, -0.25) is 4.79 Å². The van der Waals surface area contributed by atoms with E-state index >= 15 is 0 Å². The van der Waals surface area contributed by atoms with E-state index in [4.69, 9.17) is 10.00 Å². The molecule has 0 aromatic heterocycles. The van der Waals surface area contributed by atoms with Crippen LogP contribution < -0.4 is 4.74 Å². The maximum absolute atomic E-state index is 12.6. The van der Waals surface area contributed by atoms with Gasteiger partial charge in [-0.2, -0.15) is 5.26 Å². The van der Waals surface area contributed by atoms with E-state index in [1.54, 1.807) is 23.1 Å². The van der Waals surface area contributed by atoms with Crippen molar-refractivity contribution in [3.8, 4) is 11.8 Å². The van der Waals surface area contributed by atoms with Gasteiger partial charge in [0, 0.05) is 13.1 Å². The summed E-state index contributed by atoms with van der Waals surface area (Å²) in [5.74, 6) is 0.658. The Bertz CT molecular complexity index is 834. The highest BCUT2D eigenvalue weighted by Crippen LogP contribution is 2.26. The number of nitriles is 1. The second-order valence-electron chi connectivity index (χ2n) is 6.44. The predicted molar refractivity (Wildman–Crippen MR) is 101 cm³/mol. The molecule has 1 amide bonds. The van der Waals surface area contributed by atoms with E-state index in [1.165, 1.54) is 17.5 Å². The average molecular weight is 346 g/mol. The van der Waals surface area contributed by atoms with E-state index < -0.39 is 0 Å². The first-order chi connectivity index (χ1) is 12.7. The zero-order chi connectivity index (χ0) is 18.4. The number of rotatable bonds is 7. The molecule has 0 fully saturated rings. The Morgan fingerprint density at radius 1 is 1.19 bits per heavy atom. The Kier molecular flexibility index (Phi) is 5.70. The van der Waals surface area contributed by atoms with Gasteiger partial charge >= 0.3 is 0 Å². The van der Waals surface area contributed by atoms with Crippen LogP contribution in [-0.4, -0.2) is 24.0 Å². The maximum atomic E-state index is 12.6. The van der Waals surface area contributed by atoms with Crippen molar-refractivity contribution < 1.29 is 9.53 Å². The van der Waals surface area contributed by atoms with Gasteiger partial charge in [-0.25, -0.2) is 0 Å². The topological polar surface area (TPSA) is 53.3 Å². The lowest BCUT2D eigenvalue weighted by atomic mass is 10.1. The minimum atomic E-state index is -0.0882. The first-order valence-corrected chi connectivity index (χ1v) is 8.82. The first-order valence-electron chi connectivity index (χ1n) is 8.82. The summed E-state index contributed by atoms with van der Waals surface area (Å²) in [7, 11) is 0. The van der Waals surface area contributed by atoms with E-state index in [0.717, 1.165) is 24.2 Å². The number of carbonyl (C=O) groups excluding carboxylic acids is 1. The van der Waals surface area contributed by atoms with Crippen molar-refractivity contribution in [3.63, 3.8) is 0 Å². The highest BCUT2D eigenvalue weighted by atomic mass is 16.5. The zero-order valence-electron chi connectivity index (χ0n) is 14.8. The van der Waals surface area contributed by atoms with Crippen LogP contribution in [0.2, 0.25) is 0 Å². The lowest BCUT2D eigenvalue weighted by Gasteiger charge is -2.21. The monoisotopic (exact) mass is 346 g/mol. The summed E-state index contributed by atoms with van der Waals surface area (Å²) in [5.41, 5.74) is 4.29. The number of ether oxygens (including phenoxy) is 1. The normalized spacial score (nSPS) is 12.1. The highest BCUT2D eigenvalue weighted by Gasteiger charge is 2.15. The Balaban J connectivity index is 1.60. The van der Waals surface area contributed by atoms with E-state index in [-0.39, 0.29) is 12.5 Å². The number of fused-ring (bicyclic) bond motifs is 1. The Morgan fingerprint density at radius 2 is 1.96 bits per heavy atom. The van der Waals surface area contributed by atoms with Crippen molar-refractivity contribution in [3.05, 3.63) is 77.4 Å². The molecule has 3 rings (SSSR count). The number of carbonyl (C=O) groups is 1. The molecule has 0 radical (unpaired) electrons. The van der Waals surface area contributed by atoms with Gasteiger partial charge in [0.1, 0.15) is 5.75 Å². The molecule has 4 heteroatoms. The summed E-state index contributed by atoms with van der Waals surface area (Å²) in [5, 5.41) is 8.88. The molecule has 0 aliphatic heterocycles. The second-order valence-corrected chi connectivity index (χ2v) is 6.44. The molecule has 0 bridgehead atoms. The molecule has 0 unspecified atom stereocenters. The van der Waals surface area contributed by atoms with Crippen LogP contribution in [0.3, 0.4) is 0 Å². The molecule has 0 saturated heterocycles. The first kappa shape index (κ1) is 17.8. The van der Waals surface area contributed by atoms with Gasteiger partial charge in [-0.15, -0.1) is 6.58 Å². The molecule has 0 saturated carbocycles. The van der Waals surface area contributed by atoms with Crippen LogP contribution in [0.4, 0.5) is 0 Å². The molecule has 0 atom stereocenters. The van der Waals surface area contributed by atoms with E-state index in [9.17, 15) is 4.79 Å². The molecule has 1 aliphatic carbocycles. The average Bonchev–Trinajstić information content (AvgIpc) is 3.14. The molecular weight excluding hydrogens is 324 g/mol. The zero-order valence-corrected chi connectivity index (χ0v) is 14.8. The van der Waals surface area contributed by atoms with Gasteiger partial charge < -0.3 is 9.64 Å². The van der Waals surface area contributed by atoms with Gasteiger partial charge in [0.05, 0.1) is 11.6 Å². The lowest BCUT2D eigenvalue weighted by Crippen LogP contribution is -2.34. The maximum Gasteiger partial charge on any atom is 0.261 e. The number of amides is 1. The number of nitrogens with zero attached hydrogens (tertiary/aromatic N) is 2.